The highest BCUT2D eigenvalue weighted by Crippen LogP contribution is 2.34. The maximum atomic E-state index is 13.8. The number of nitrogens with one attached hydrogen (secondary N) is 2. The lowest BCUT2D eigenvalue weighted by Crippen LogP contribution is -2.23. The number of rotatable bonds is 6. The SMILES string of the molecule is CCNS(=O)(=O)c1cccc(NC(=O)c2cnn(-c3ccc(Cl)cc3)c2C(F)(F)F)c1. The summed E-state index contributed by atoms with van der Waals surface area (Å²) in [5.74, 6) is -1.09. The zero-order chi connectivity index (χ0) is 22.8. The largest absolute Gasteiger partial charge is 0.434 e. The zero-order valence-electron chi connectivity index (χ0n) is 15.9. The lowest BCUT2D eigenvalue weighted by atomic mass is 10.2. The summed E-state index contributed by atoms with van der Waals surface area (Å²) >= 11 is 5.78. The van der Waals surface area contributed by atoms with Crippen LogP contribution in [-0.4, -0.2) is 30.7 Å². The standard InChI is InChI=1S/C19H16ClF3N4O3S/c1-2-25-31(29,30)15-5-3-4-13(10-15)26-18(28)16-11-24-27(17(16)19(21,22)23)14-8-6-12(20)7-9-14/h3-11,25H,2H2,1H3,(H,26,28). The van der Waals surface area contributed by atoms with Crippen LogP contribution < -0.4 is 10.0 Å². The predicted molar refractivity (Wildman–Crippen MR) is 109 cm³/mol. The molecule has 3 aromatic rings. The minimum absolute atomic E-state index is 0.0105. The molecule has 31 heavy (non-hydrogen) atoms. The highest BCUT2D eigenvalue weighted by Gasteiger charge is 2.40. The molecule has 0 aliphatic rings. The number of anilines is 1. The van der Waals surface area contributed by atoms with Gasteiger partial charge in [0, 0.05) is 17.3 Å². The normalized spacial score (nSPS) is 12.0. The van der Waals surface area contributed by atoms with Crippen LogP contribution in [0.15, 0.2) is 59.6 Å². The van der Waals surface area contributed by atoms with Crippen molar-refractivity contribution in [3.63, 3.8) is 0 Å². The van der Waals surface area contributed by atoms with Crippen LogP contribution in [0.2, 0.25) is 5.02 Å². The van der Waals surface area contributed by atoms with Gasteiger partial charge in [0.25, 0.3) is 5.91 Å². The first kappa shape index (κ1) is 22.8. The Morgan fingerprint density at radius 2 is 1.84 bits per heavy atom. The number of hydrogen-bond acceptors (Lipinski definition) is 4. The van der Waals surface area contributed by atoms with E-state index in [0.717, 1.165) is 12.3 Å². The minimum atomic E-state index is -4.89. The summed E-state index contributed by atoms with van der Waals surface area (Å²) in [5, 5.41) is 6.34. The molecule has 3 rings (SSSR count). The van der Waals surface area contributed by atoms with E-state index in [1.54, 1.807) is 6.92 Å². The molecule has 0 radical (unpaired) electrons. The fourth-order valence-corrected chi connectivity index (χ4v) is 3.99. The summed E-state index contributed by atoms with van der Waals surface area (Å²) in [6, 6.07) is 10.6. The molecule has 1 amide bonds. The fraction of sp³-hybridized carbons (Fsp3) is 0.158. The monoisotopic (exact) mass is 472 g/mol. The molecule has 1 aromatic heterocycles. The van der Waals surface area contributed by atoms with E-state index in [1.165, 1.54) is 42.5 Å². The van der Waals surface area contributed by atoms with Crippen LogP contribution in [-0.2, 0) is 16.2 Å². The first-order valence-corrected chi connectivity index (χ1v) is 10.7. The van der Waals surface area contributed by atoms with Crippen molar-refractivity contribution >= 4 is 33.2 Å². The third-order valence-corrected chi connectivity index (χ3v) is 5.89. The van der Waals surface area contributed by atoms with Crippen LogP contribution >= 0.6 is 11.6 Å². The van der Waals surface area contributed by atoms with Crippen molar-refractivity contribution in [3.05, 3.63) is 71.0 Å². The van der Waals surface area contributed by atoms with Gasteiger partial charge in [-0.05, 0) is 42.5 Å². The molecule has 2 aromatic carbocycles. The molecule has 0 atom stereocenters. The maximum Gasteiger partial charge on any atom is 0.434 e. The third kappa shape index (κ3) is 5.06. The molecule has 7 nitrogen and oxygen atoms in total. The first-order chi connectivity index (χ1) is 14.5. The van der Waals surface area contributed by atoms with E-state index in [9.17, 15) is 26.4 Å². The van der Waals surface area contributed by atoms with Crippen molar-refractivity contribution in [2.24, 2.45) is 0 Å². The molecule has 0 unspecified atom stereocenters. The average molecular weight is 473 g/mol. The summed E-state index contributed by atoms with van der Waals surface area (Å²) in [4.78, 5) is 12.5. The Balaban J connectivity index is 1.97. The van der Waals surface area contributed by atoms with Crippen LogP contribution in [0.3, 0.4) is 0 Å². The van der Waals surface area contributed by atoms with Crippen LogP contribution in [0.25, 0.3) is 5.69 Å². The summed E-state index contributed by atoms with van der Waals surface area (Å²) in [7, 11) is -3.81. The number of hydrogen-bond donors (Lipinski definition) is 2. The second kappa shape index (κ2) is 8.69. The van der Waals surface area contributed by atoms with Crippen molar-refractivity contribution in [2.75, 3.05) is 11.9 Å². The van der Waals surface area contributed by atoms with Crippen molar-refractivity contribution in [3.8, 4) is 5.69 Å². The van der Waals surface area contributed by atoms with E-state index in [2.05, 4.69) is 15.1 Å². The molecule has 2 N–H and O–H groups in total. The Morgan fingerprint density at radius 1 is 1.16 bits per heavy atom. The van der Waals surface area contributed by atoms with Crippen LogP contribution in [0, 0.1) is 0 Å². The van der Waals surface area contributed by atoms with Crippen molar-refractivity contribution < 1.29 is 26.4 Å². The molecule has 0 spiro atoms. The zero-order valence-corrected chi connectivity index (χ0v) is 17.5. The second-order valence-electron chi connectivity index (χ2n) is 6.28. The van der Waals surface area contributed by atoms with Crippen LogP contribution in [0.4, 0.5) is 18.9 Å². The maximum absolute atomic E-state index is 13.8. The molecule has 0 aliphatic carbocycles. The van der Waals surface area contributed by atoms with Gasteiger partial charge in [-0.25, -0.2) is 17.8 Å². The molecule has 0 bridgehead atoms. The Labute approximate surface area is 180 Å². The minimum Gasteiger partial charge on any atom is -0.322 e. The topological polar surface area (TPSA) is 93.1 Å². The molecule has 0 saturated carbocycles. The first-order valence-electron chi connectivity index (χ1n) is 8.85. The highest BCUT2D eigenvalue weighted by molar-refractivity contribution is 7.89. The van der Waals surface area contributed by atoms with Crippen molar-refractivity contribution in [1.29, 1.82) is 0 Å². The number of aromatic nitrogens is 2. The Kier molecular flexibility index (Phi) is 6.39. The van der Waals surface area contributed by atoms with Gasteiger partial charge in [-0.15, -0.1) is 0 Å². The Bertz CT molecular complexity index is 1210. The number of sulfonamides is 1. The van der Waals surface area contributed by atoms with E-state index in [0.29, 0.717) is 9.70 Å². The molecule has 0 aliphatic heterocycles. The van der Waals surface area contributed by atoms with E-state index < -0.39 is 33.4 Å². The lowest BCUT2D eigenvalue weighted by Gasteiger charge is -2.13. The molecular weight excluding hydrogens is 457 g/mol. The quantitative estimate of drug-likeness (QED) is 0.565. The van der Waals surface area contributed by atoms with Gasteiger partial charge in [0.1, 0.15) is 0 Å². The molecular formula is C19H16ClF3N4O3S. The van der Waals surface area contributed by atoms with Crippen molar-refractivity contribution in [2.45, 2.75) is 18.0 Å². The molecule has 0 saturated heterocycles. The number of alkyl halides is 3. The molecule has 164 valence electrons. The molecule has 0 fully saturated rings. The number of amides is 1. The fourth-order valence-electron chi connectivity index (χ4n) is 2.78. The van der Waals surface area contributed by atoms with E-state index in [-0.39, 0.29) is 22.8 Å². The van der Waals surface area contributed by atoms with Gasteiger partial charge in [-0.2, -0.15) is 18.3 Å². The Hall–Kier alpha value is -2.89. The summed E-state index contributed by atoms with van der Waals surface area (Å²) < 4.78 is 68.4. The number of carbonyl (C=O) groups excluding carboxylic acids is 1. The number of halogens is 4. The smallest absolute Gasteiger partial charge is 0.322 e. The van der Waals surface area contributed by atoms with Gasteiger partial charge in [-0.1, -0.05) is 24.6 Å². The van der Waals surface area contributed by atoms with Gasteiger partial charge in [0.05, 0.1) is 22.3 Å². The predicted octanol–water partition coefficient (Wildman–Crippen LogP) is 4.10. The molecule has 1 heterocycles. The lowest BCUT2D eigenvalue weighted by molar-refractivity contribution is -0.143. The highest BCUT2D eigenvalue weighted by atomic mass is 35.5. The molecule has 12 heteroatoms. The number of carbonyl (C=O) groups is 1. The Morgan fingerprint density at radius 3 is 2.45 bits per heavy atom. The van der Waals surface area contributed by atoms with Gasteiger partial charge in [-0.3, -0.25) is 4.79 Å². The summed E-state index contributed by atoms with van der Waals surface area (Å²) in [6.45, 7) is 1.75. The van der Waals surface area contributed by atoms with Gasteiger partial charge >= 0.3 is 6.18 Å². The average Bonchev–Trinajstić information content (AvgIpc) is 3.15. The summed E-state index contributed by atoms with van der Waals surface area (Å²) in [5.41, 5.74) is -1.92. The van der Waals surface area contributed by atoms with E-state index in [1.807, 2.05) is 0 Å². The van der Waals surface area contributed by atoms with Gasteiger partial charge in [0.2, 0.25) is 10.0 Å². The number of benzene rings is 2. The van der Waals surface area contributed by atoms with Crippen LogP contribution in [0.5, 0.6) is 0 Å². The third-order valence-electron chi connectivity index (χ3n) is 4.09. The van der Waals surface area contributed by atoms with E-state index in [4.69, 9.17) is 11.6 Å². The van der Waals surface area contributed by atoms with Gasteiger partial charge in [0.15, 0.2) is 5.69 Å². The second-order valence-corrected chi connectivity index (χ2v) is 8.48. The number of nitrogens with zero attached hydrogens (tertiary/aromatic N) is 2. The van der Waals surface area contributed by atoms with Crippen molar-refractivity contribution in [1.82, 2.24) is 14.5 Å². The van der Waals surface area contributed by atoms with Gasteiger partial charge < -0.3 is 5.32 Å². The van der Waals surface area contributed by atoms with Crippen LogP contribution in [0.1, 0.15) is 23.0 Å². The van der Waals surface area contributed by atoms with E-state index >= 15 is 0 Å². The summed E-state index contributed by atoms with van der Waals surface area (Å²) in [6.07, 6.45) is -4.09.